The summed E-state index contributed by atoms with van der Waals surface area (Å²) in [4.78, 5) is 30.2. The Kier molecular flexibility index (Phi) is 5.84. The van der Waals surface area contributed by atoms with Gasteiger partial charge >= 0.3 is 0 Å². The molecular formula is C27H20ClN3O4. The van der Waals surface area contributed by atoms with Gasteiger partial charge in [-0.25, -0.2) is 0 Å². The van der Waals surface area contributed by atoms with E-state index in [4.69, 9.17) is 16.6 Å². The molecule has 1 unspecified atom stereocenters. The van der Waals surface area contributed by atoms with Crippen molar-refractivity contribution in [2.75, 3.05) is 5.32 Å². The van der Waals surface area contributed by atoms with Crippen LogP contribution in [0.2, 0.25) is 5.02 Å². The molecule has 0 saturated heterocycles. The van der Waals surface area contributed by atoms with Crippen molar-refractivity contribution in [3.8, 4) is 17.0 Å². The van der Waals surface area contributed by atoms with E-state index >= 15 is 0 Å². The number of halogens is 1. The van der Waals surface area contributed by atoms with E-state index in [1.165, 1.54) is 6.07 Å². The van der Waals surface area contributed by atoms with E-state index in [9.17, 15) is 19.9 Å². The van der Waals surface area contributed by atoms with E-state index < -0.39 is 17.5 Å². The number of aliphatic imine (C=N–C) groups is 1. The molecule has 0 radical (unpaired) electrons. The summed E-state index contributed by atoms with van der Waals surface area (Å²) in [6.07, 6.45) is 0.297. The zero-order chi connectivity index (χ0) is 24.5. The molecule has 0 spiro atoms. The Hall–Kier alpha value is -4.36. The molecule has 1 aromatic heterocycles. The van der Waals surface area contributed by atoms with Crippen molar-refractivity contribution in [2.24, 2.45) is 4.99 Å². The molecule has 0 aliphatic carbocycles. The van der Waals surface area contributed by atoms with Gasteiger partial charge in [0.25, 0.3) is 5.56 Å². The molecule has 0 fully saturated rings. The number of rotatable bonds is 4. The second-order valence-electron chi connectivity index (χ2n) is 8.15. The van der Waals surface area contributed by atoms with E-state index in [0.29, 0.717) is 28.4 Å². The molecule has 7 nitrogen and oxygen atoms in total. The minimum Gasteiger partial charge on any atom is -0.492 e. The minimum absolute atomic E-state index is 0.136. The van der Waals surface area contributed by atoms with Gasteiger partial charge in [-0.05, 0) is 34.9 Å². The highest BCUT2D eigenvalue weighted by atomic mass is 35.5. The molecule has 1 aliphatic heterocycles. The maximum Gasteiger partial charge on any atom is 0.286 e. The summed E-state index contributed by atoms with van der Waals surface area (Å²) in [5.41, 5.74) is 3.63. The molecule has 174 valence electrons. The molecule has 8 heteroatoms. The molecule has 1 atom stereocenters. The lowest BCUT2D eigenvalue weighted by Gasteiger charge is -2.15. The fourth-order valence-corrected chi connectivity index (χ4v) is 4.35. The zero-order valence-electron chi connectivity index (χ0n) is 18.4. The zero-order valence-corrected chi connectivity index (χ0v) is 19.1. The van der Waals surface area contributed by atoms with Gasteiger partial charge in [0.2, 0.25) is 11.8 Å². The quantitative estimate of drug-likeness (QED) is 0.370. The number of benzodiazepines with no additional fused rings is 1. The molecule has 5 rings (SSSR count). The monoisotopic (exact) mass is 485 g/mol. The van der Waals surface area contributed by atoms with E-state index in [0.717, 1.165) is 22.8 Å². The third-order valence-corrected chi connectivity index (χ3v) is 6.10. The number of anilines is 1. The maximum absolute atomic E-state index is 13.3. The van der Waals surface area contributed by atoms with Crippen molar-refractivity contribution in [1.29, 1.82) is 0 Å². The first-order valence-corrected chi connectivity index (χ1v) is 11.3. The molecule has 1 aliphatic rings. The van der Waals surface area contributed by atoms with Gasteiger partial charge in [0.15, 0.2) is 0 Å². The standard InChI is InChI=1S/C27H20ClN3O4/c28-19-10-11-22-21(15-19)26(18-13-24(32)31(35)25(33)14-18)29-23(27(34)30-22)12-17-8-4-5-9-20(17)16-6-2-1-3-7-16/h1-11,13-15,23,32,35H,12H2,(H,30,34). The van der Waals surface area contributed by atoms with Crippen LogP contribution in [0.4, 0.5) is 5.69 Å². The van der Waals surface area contributed by atoms with Crippen LogP contribution >= 0.6 is 11.6 Å². The Morgan fingerprint density at radius 3 is 2.40 bits per heavy atom. The Balaban J connectivity index is 1.65. The number of nitrogens with one attached hydrogen (secondary N) is 1. The molecule has 35 heavy (non-hydrogen) atoms. The van der Waals surface area contributed by atoms with Gasteiger partial charge in [-0.2, -0.15) is 0 Å². The summed E-state index contributed by atoms with van der Waals surface area (Å²) in [6, 6.07) is 24.2. The van der Waals surface area contributed by atoms with E-state index in [1.807, 2.05) is 54.6 Å². The highest BCUT2D eigenvalue weighted by Crippen LogP contribution is 2.30. The largest absolute Gasteiger partial charge is 0.492 e. The second kappa shape index (κ2) is 9.12. The number of aromatic hydroxyl groups is 1. The number of amides is 1. The number of nitrogens with zero attached hydrogens (tertiary/aromatic N) is 2. The van der Waals surface area contributed by atoms with Crippen LogP contribution in [-0.2, 0) is 11.2 Å². The molecular weight excluding hydrogens is 466 g/mol. The predicted molar refractivity (Wildman–Crippen MR) is 135 cm³/mol. The first-order chi connectivity index (χ1) is 16.9. The summed E-state index contributed by atoms with van der Waals surface area (Å²) < 4.78 is 0.136. The molecule has 4 aromatic rings. The average Bonchev–Trinajstić information content (AvgIpc) is 2.99. The molecule has 1 amide bonds. The number of hydrogen-bond acceptors (Lipinski definition) is 5. The van der Waals surface area contributed by atoms with Crippen molar-refractivity contribution in [3.05, 3.63) is 117 Å². The molecule has 2 heterocycles. The van der Waals surface area contributed by atoms with Gasteiger partial charge in [0.05, 0.1) is 11.4 Å². The van der Waals surface area contributed by atoms with Crippen LogP contribution in [0.3, 0.4) is 0 Å². The van der Waals surface area contributed by atoms with Crippen LogP contribution in [0.1, 0.15) is 16.7 Å². The number of benzene rings is 3. The maximum atomic E-state index is 13.3. The van der Waals surface area contributed by atoms with Gasteiger partial charge in [0, 0.05) is 34.7 Å². The van der Waals surface area contributed by atoms with Crippen LogP contribution in [0.5, 0.6) is 5.88 Å². The average molecular weight is 486 g/mol. The molecule has 0 bridgehead atoms. The first-order valence-electron chi connectivity index (χ1n) is 10.9. The summed E-state index contributed by atoms with van der Waals surface area (Å²) in [5, 5.41) is 23.1. The third kappa shape index (κ3) is 4.41. The number of carbonyl (C=O) groups excluding carboxylic acids is 1. The Morgan fingerprint density at radius 1 is 0.886 bits per heavy atom. The van der Waals surface area contributed by atoms with Crippen LogP contribution in [0.15, 0.2) is 94.7 Å². The summed E-state index contributed by atoms with van der Waals surface area (Å²) in [5.74, 6) is -0.959. The van der Waals surface area contributed by atoms with Gasteiger partial charge < -0.3 is 15.6 Å². The third-order valence-electron chi connectivity index (χ3n) is 5.86. The lowest BCUT2D eigenvalue weighted by Crippen LogP contribution is -2.28. The van der Waals surface area contributed by atoms with Crippen molar-refractivity contribution < 1.29 is 15.1 Å². The van der Waals surface area contributed by atoms with Crippen molar-refractivity contribution in [3.63, 3.8) is 0 Å². The molecule has 0 saturated carbocycles. The van der Waals surface area contributed by atoms with Crippen LogP contribution in [0.25, 0.3) is 11.1 Å². The van der Waals surface area contributed by atoms with Gasteiger partial charge in [0.1, 0.15) is 6.04 Å². The fraction of sp³-hybridized carbons (Fsp3) is 0.0741. The summed E-state index contributed by atoms with van der Waals surface area (Å²) in [6.45, 7) is 0. The molecule has 3 aromatic carbocycles. The van der Waals surface area contributed by atoms with Crippen LogP contribution < -0.4 is 10.9 Å². The Bertz CT molecular complexity index is 1530. The second-order valence-corrected chi connectivity index (χ2v) is 8.59. The number of hydrogen-bond donors (Lipinski definition) is 3. The Labute approximate surface area is 205 Å². The van der Waals surface area contributed by atoms with Crippen molar-refractivity contribution in [2.45, 2.75) is 12.5 Å². The van der Waals surface area contributed by atoms with Gasteiger partial charge in [-0.15, -0.1) is 4.73 Å². The first kappa shape index (κ1) is 22.4. The SMILES string of the molecule is O=C1Nc2ccc(Cl)cc2C(c2cc(O)n(O)c(=O)c2)=NC1Cc1ccccc1-c1ccccc1. The summed E-state index contributed by atoms with van der Waals surface area (Å²) in [7, 11) is 0. The Morgan fingerprint density at radius 2 is 1.63 bits per heavy atom. The normalized spacial score (nSPS) is 15.1. The van der Waals surface area contributed by atoms with Crippen molar-refractivity contribution in [1.82, 2.24) is 4.73 Å². The van der Waals surface area contributed by atoms with Crippen molar-refractivity contribution >= 4 is 28.9 Å². The van der Waals surface area contributed by atoms with E-state index in [1.54, 1.807) is 18.2 Å². The summed E-state index contributed by atoms with van der Waals surface area (Å²) >= 11 is 6.24. The van der Waals surface area contributed by atoms with Crippen LogP contribution in [-0.4, -0.2) is 32.7 Å². The molecule has 3 N–H and O–H groups in total. The number of carbonyl (C=O) groups is 1. The lowest BCUT2D eigenvalue weighted by atomic mass is 9.95. The fourth-order valence-electron chi connectivity index (χ4n) is 4.18. The topological polar surface area (TPSA) is 104 Å². The number of fused-ring (bicyclic) bond motifs is 1. The number of aromatic nitrogens is 1. The highest BCUT2D eigenvalue weighted by Gasteiger charge is 2.27. The lowest BCUT2D eigenvalue weighted by molar-refractivity contribution is -0.117. The smallest absolute Gasteiger partial charge is 0.286 e. The minimum atomic E-state index is -0.834. The predicted octanol–water partition coefficient (Wildman–Crippen LogP) is 4.51. The van der Waals surface area contributed by atoms with E-state index in [-0.39, 0.29) is 16.2 Å². The number of pyridine rings is 1. The van der Waals surface area contributed by atoms with Gasteiger partial charge in [-0.3, -0.25) is 14.6 Å². The van der Waals surface area contributed by atoms with Crippen LogP contribution in [0, 0.1) is 0 Å². The van der Waals surface area contributed by atoms with Gasteiger partial charge in [-0.1, -0.05) is 66.2 Å². The van der Waals surface area contributed by atoms with E-state index in [2.05, 4.69) is 5.32 Å². The highest BCUT2D eigenvalue weighted by molar-refractivity contribution is 6.32.